The van der Waals surface area contributed by atoms with Crippen LogP contribution in [0, 0.1) is 18.2 Å². The Morgan fingerprint density at radius 3 is 2.19 bits per heavy atom. The van der Waals surface area contributed by atoms with Gasteiger partial charge in [0.05, 0.1) is 5.56 Å². The third-order valence-electron chi connectivity index (χ3n) is 5.35. The largest absolute Gasteiger partial charge is 0.573 e. The van der Waals surface area contributed by atoms with Crippen LogP contribution in [0.4, 0.5) is 17.6 Å². The molecule has 0 spiro atoms. The minimum Gasteiger partial charge on any atom is -0.487 e. The van der Waals surface area contributed by atoms with Crippen LogP contribution in [0.2, 0.25) is 0 Å². The van der Waals surface area contributed by atoms with Crippen molar-refractivity contribution < 1.29 is 41.7 Å². The van der Waals surface area contributed by atoms with E-state index in [0.29, 0.717) is 16.5 Å². The molecule has 2 N–H and O–H groups in total. The number of hydrogen-bond donors (Lipinski definition) is 2. The van der Waals surface area contributed by atoms with Gasteiger partial charge in [0.2, 0.25) is 0 Å². The Bertz CT molecular complexity index is 1280. The van der Waals surface area contributed by atoms with Gasteiger partial charge >= 0.3 is 12.3 Å². The Hall–Kier alpha value is -3.82. The maximum absolute atomic E-state index is 14.6. The van der Waals surface area contributed by atoms with Crippen molar-refractivity contribution in [3.63, 3.8) is 0 Å². The Morgan fingerprint density at radius 2 is 1.64 bits per heavy atom. The van der Waals surface area contributed by atoms with Gasteiger partial charge in [-0.1, -0.05) is 39.0 Å². The van der Waals surface area contributed by atoms with Crippen molar-refractivity contribution in [2.75, 3.05) is 0 Å². The molecule has 0 heterocycles. The topological polar surface area (TPSA) is 84.9 Å². The first kappa shape index (κ1) is 26.8. The van der Waals surface area contributed by atoms with Gasteiger partial charge in [-0.2, -0.15) is 0 Å². The quantitative estimate of drug-likeness (QED) is 0.384. The van der Waals surface area contributed by atoms with Crippen LogP contribution in [0.5, 0.6) is 11.5 Å². The first-order valence-corrected chi connectivity index (χ1v) is 10.9. The van der Waals surface area contributed by atoms with E-state index in [4.69, 9.17) is 4.74 Å². The number of rotatable bonds is 7. The third kappa shape index (κ3) is 6.44. The molecule has 6 nitrogen and oxygen atoms in total. The molecule has 0 aliphatic heterocycles. The van der Waals surface area contributed by atoms with E-state index in [1.807, 2.05) is 0 Å². The fourth-order valence-corrected chi connectivity index (χ4v) is 3.63. The van der Waals surface area contributed by atoms with E-state index >= 15 is 0 Å². The van der Waals surface area contributed by atoms with Crippen molar-refractivity contribution in [3.8, 4) is 11.5 Å². The number of nitrogens with one attached hydrogen (secondary N) is 1. The molecule has 0 bridgehead atoms. The average molecular weight is 507 g/mol. The van der Waals surface area contributed by atoms with Gasteiger partial charge in [-0.25, -0.2) is 9.18 Å². The summed E-state index contributed by atoms with van der Waals surface area (Å²) in [4.78, 5) is 24.9. The number of carbonyl (C=O) groups excluding carboxylic acids is 1. The number of alkyl halides is 3. The first-order chi connectivity index (χ1) is 16.7. The van der Waals surface area contributed by atoms with Gasteiger partial charge in [-0.05, 0) is 53.8 Å². The number of ether oxygens (including phenoxy) is 2. The van der Waals surface area contributed by atoms with E-state index in [-0.39, 0.29) is 23.3 Å². The second-order valence-electron chi connectivity index (χ2n) is 9.38. The monoisotopic (exact) mass is 507 g/mol. The van der Waals surface area contributed by atoms with E-state index in [2.05, 4.69) is 10.1 Å². The number of hydrogen-bond acceptors (Lipinski definition) is 4. The fraction of sp³-hybridized carbons (Fsp3) is 0.308. The van der Waals surface area contributed by atoms with Gasteiger partial charge < -0.3 is 19.9 Å². The Labute approximate surface area is 204 Å². The van der Waals surface area contributed by atoms with Crippen LogP contribution in [0.1, 0.15) is 42.3 Å². The predicted octanol–water partition coefficient (Wildman–Crippen LogP) is 5.99. The normalized spacial score (nSPS) is 12.8. The highest BCUT2D eigenvalue weighted by Gasteiger charge is 2.34. The molecule has 3 aromatic rings. The molecule has 3 rings (SSSR count). The van der Waals surface area contributed by atoms with Gasteiger partial charge in [0.15, 0.2) is 0 Å². The standard InChI is InChI=1S/C26H25F4NO5/c1-14-11-19-17(20(27)12-14)9-10-18(23(32)31-22(24(33)34)25(2,3)4)21(19)35-13-15-5-7-16(8-6-15)36-26(28,29)30/h5-12,22H,13H2,1-4H3,(H,31,32)(H,33,34). The molecule has 1 atom stereocenters. The lowest BCUT2D eigenvalue weighted by molar-refractivity contribution is -0.274. The Morgan fingerprint density at radius 1 is 1.00 bits per heavy atom. The van der Waals surface area contributed by atoms with Crippen molar-refractivity contribution in [1.82, 2.24) is 5.32 Å². The molecule has 0 fully saturated rings. The predicted molar refractivity (Wildman–Crippen MR) is 124 cm³/mol. The zero-order valence-corrected chi connectivity index (χ0v) is 20.0. The van der Waals surface area contributed by atoms with Crippen molar-refractivity contribution in [3.05, 3.63) is 71.0 Å². The fourth-order valence-electron chi connectivity index (χ4n) is 3.63. The minimum atomic E-state index is -4.83. The van der Waals surface area contributed by atoms with E-state index < -0.39 is 41.3 Å². The van der Waals surface area contributed by atoms with Crippen molar-refractivity contribution in [2.45, 2.75) is 46.7 Å². The van der Waals surface area contributed by atoms with Crippen LogP contribution in [0.25, 0.3) is 10.8 Å². The van der Waals surface area contributed by atoms with E-state index in [1.54, 1.807) is 33.8 Å². The van der Waals surface area contributed by atoms with Gasteiger partial charge in [-0.3, -0.25) is 4.79 Å². The molecule has 0 aliphatic carbocycles. The van der Waals surface area contributed by atoms with E-state index in [9.17, 15) is 32.3 Å². The third-order valence-corrected chi connectivity index (χ3v) is 5.35. The summed E-state index contributed by atoms with van der Waals surface area (Å²) in [5.74, 6) is -2.88. The second-order valence-corrected chi connectivity index (χ2v) is 9.38. The number of aliphatic carboxylic acids is 1. The molecule has 0 aliphatic rings. The SMILES string of the molecule is Cc1cc(F)c2ccc(C(=O)NC(C(=O)O)C(C)(C)C)c(OCc3ccc(OC(F)(F)F)cc3)c2c1. The number of benzene rings is 3. The smallest absolute Gasteiger partial charge is 0.487 e. The van der Waals surface area contributed by atoms with Crippen LogP contribution in [-0.2, 0) is 11.4 Å². The maximum atomic E-state index is 14.6. The number of carboxylic acids is 1. The molecule has 0 aromatic heterocycles. The number of fused-ring (bicyclic) bond motifs is 1. The average Bonchev–Trinajstić information content (AvgIpc) is 2.74. The lowest BCUT2D eigenvalue weighted by Gasteiger charge is -2.28. The van der Waals surface area contributed by atoms with Gasteiger partial charge in [0, 0.05) is 10.8 Å². The molecule has 0 radical (unpaired) electrons. The number of amides is 1. The number of halogens is 4. The van der Waals surface area contributed by atoms with Gasteiger partial charge in [-0.15, -0.1) is 13.2 Å². The second kappa shape index (κ2) is 10.0. The molecule has 3 aromatic carbocycles. The van der Waals surface area contributed by atoms with Crippen LogP contribution in [-0.4, -0.2) is 29.4 Å². The van der Waals surface area contributed by atoms with Crippen molar-refractivity contribution in [2.24, 2.45) is 5.41 Å². The number of carboxylic acid groups (broad SMARTS) is 1. The summed E-state index contributed by atoms with van der Waals surface area (Å²) >= 11 is 0. The summed E-state index contributed by atoms with van der Waals surface area (Å²) < 4.78 is 61.6. The minimum absolute atomic E-state index is 0.0139. The first-order valence-electron chi connectivity index (χ1n) is 10.9. The van der Waals surface area contributed by atoms with Crippen LogP contribution < -0.4 is 14.8 Å². The molecule has 1 amide bonds. The van der Waals surface area contributed by atoms with Crippen LogP contribution >= 0.6 is 0 Å². The number of aryl methyl sites for hydroxylation is 1. The molecule has 10 heteroatoms. The highest BCUT2D eigenvalue weighted by Crippen LogP contribution is 2.34. The molecule has 1 unspecified atom stereocenters. The molecule has 192 valence electrons. The highest BCUT2D eigenvalue weighted by molar-refractivity contribution is 6.05. The zero-order valence-electron chi connectivity index (χ0n) is 20.0. The summed E-state index contributed by atoms with van der Waals surface area (Å²) in [7, 11) is 0. The van der Waals surface area contributed by atoms with E-state index in [1.165, 1.54) is 30.3 Å². The lowest BCUT2D eigenvalue weighted by Crippen LogP contribution is -2.49. The Balaban J connectivity index is 1.98. The lowest BCUT2D eigenvalue weighted by atomic mass is 9.86. The van der Waals surface area contributed by atoms with Crippen LogP contribution in [0.15, 0.2) is 48.5 Å². The zero-order chi connectivity index (χ0) is 26.8. The molecule has 36 heavy (non-hydrogen) atoms. The molecule has 0 saturated heterocycles. The summed E-state index contributed by atoms with van der Waals surface area (Å²) in [6.07, 6.45) is -4.83. The van der Waals surface area contributed by atoms with Gasteiger partial charge in [0.1, 0.15) is 30.0 Å². The molecule has 0 saturated carbocycles. The summed E-state index contributed by atoms with van der Waals surface area (Å²) in [5.41, 5.74) is 0.204. The van der Waals surface area contributed by atoms with E-state index in [0.717, 1.165) is 12.1 Å². The summed E-state index contributed by atoms with van der Waals surface area (Å²) in [6, 6.07) is 9.43. The molecular formula is C26H25F4NO5. The molecular weight excluding hydrogens is 482 g/mol. The Kier molecular flexibility index (Phi) is 7.47. The summed E-state index contributed by atoms with van der Waals surface area (Å²) in [5, 5.41) is 12.6. The maximum Gasteiger partial charge on any atom is 0.573 e. The van der Waals surface area contributed by atoms with Crippen molar-refractivity contribution in [1.29, 1.82) is 0 Å². The van der Waals surface area contributed by atoms with Crippen LogP contribution in [0.3, 0.4) is 0 Å². The summed E-state index contributed by atoms with van der Waals surface area (Å²) in [6.45, 7) is 6.49. The van der Waals surface area contributed by atoms with Gasteiger partial charge in [0.25, 0.3) is 5.91 Å². The van der Waals surface area contributed by atoms with Crippen molar-refractivity contribution >= 4 is 22.6 Å². The highest BCUT2D eigenvalue weighted by atomic mass is 19.4. The number of carbonyl (C=O) groups is 2.